The van der Waals surface area contributed by atoms with Crippen LogP contribution in [0.5, 0.6) is 0 Å². The van der Waals surface area contributed by atoms with Crippen molar-refractivity contribution < 1.29 is 0 Å². The molecule has 3 nitrogen and oxygen atoms in total. The molecule has 3 heterocycles. The number of pyridine rings is 2. The fourth-order valence-corrected chi connectivity index (χ4v) is 3.53. The van der Waals surface area contributed by atoms with Gasteiger partial charge in [0, 0.05) is 30.3 Å². The van der Waals surface area contributed by atoms with Crippen LogP contribution in [0.3, 0.4) is 0 Å². The highest BCUT2D eigenvalue weighted by atomic mass is 15.2. The SMILES string of the molecule is Cc1ccc(CCCN2CCCCCC2c2ccncc2)cn1. The number of nitrogens with zero attached hydrogens (tertiary/aromatic N) is 3. The molecule has 23 heavy (non-hydrogen) atoms. The van der Waals surface area contributed by atoms with Crippen LogP contribution in [0, 0.1) is 6.92 Å². The van der Waals surface area contributed by atoms with Crippen LogP contribution in [0.2, 0.25) is 0 Å². The molecule has 1 aliphatic heterocycles. The third kappa shape index (κ3) is 4.61. The number of aryl methyl sites for hydroxylation is 2. The Morgan fingerprint density at radius 3 is 2.74 bits per heavy atom. The van der Waals surface area contributed by atoms with Gasteiger partial charge in [0.25, 0.3) is 0 Å². The zero-order chi connectivity index (χ0) is 15.9. The lowest BCUT2D eigenvalue weighted by molar-refractivity contribution is 0.199. The van der Waals surface area contributed by atoms with Crippen LogP contribution in [0.1, 0.15) is 55.0 Å². The van der Waals surface area contributed by atoms with E-state index in [0.717, 1.165) is 12.1 Å². The average molecular weight is 309 g/mol. The average Bonchev–Trinajstić information content (AvgIpc) is 2.83. The summed E-state index contributed by atoms with van der Waals surface area (Å²) in [6.07, 6.45) is 13.5. The maximum Gasteiger partial charge on any atom is 0.0372 e. The van der Waals surface area contributed by atoms with Crippen LogP contribution in [0.4, 0.5) is 0 Å². The lowest BCUT2D eigenvalue weighted by Gasteiger charge is -2.30. The van der Waals surface area contributed by atoms with Crippen LogP contribution in [0.25, 0.3) is 0 Å². The molecular formula is C20H27N3. The Balaban J connectivity index is 1.60. The maximum atomic E-state index is 4.40. The van der Waals surface area contributed by atoms with Gasteiger partial charge in [-0.25, -0.2) is 0 Å². The van der Waals surface area contributed by atoms with E-state index in [4.69, 9.17) is 0 Å². The third-order valence-electron chi connectivity index (χ3n) is 4.84. The van der Waals surface area contributed by atoms with Crippen LogP contribution in [-0.4, -0.2) is 28.0 Å². The molecule has 0 aliphatic carbocycles. The van der Waals surface area contributed by atoms with Gasteiger partial charge in [-0.2, -0.15) is 0 Å². The van der Waals surface area contributed by atoms with Gasteiger partial charge >= 0.3 is 0 Å². The van der Waals surface area contributed by atoms with Crippen molar-refractivity contribution in [3.05, 3.63) is 59.7 Å². The van der Waals surface area contributed by atoms with E-state index >= 15 is 0 Å². The molecule has 2 aromatic rings. The summed E-state index contributed by atoms with van der Waals surface area (Å²) < 4.78 is 0. The van der Waals surface area contributed by atoms with Gasteiger partial charge in [0.15, 0.2) is 0 Å². The van der Waals surface area contributed by atoms with Gasteiger partial charge in [0.1, 0.15) is 0 Å². The lowest BCUT2D eigenvalue weighted by atomic mass is 10.0. The number of hydrogen-bond acceptors (Lipinski definition) is 3. The molecule has 122 valence electrons. The number of hydrogen-bond donors (Lipinski definition) is 0. The van der Waals surface area contributed by atoms with Crippen molar-refractivity contribution >= 4 is 0 Å². The van der Waals surface area contributed by atoms with Crippen LogP contribution < -0.4 is 0 Å². The van der Waals surface area contributed by atoms with E-state index in [1.807, 2.05) is 25.5 Å². The van der Waals surface area contributed by atoms with Crippen LogP contribution >= 0.6 is 0 Å². The van der Waals surface area contributed by atoms with E-state index in [2.05, 4.69) is 39.1 Å². The van der Waals surface area contributed by atoms with Crippen LogP contribution in [-0.2, 0) is 6.42 Å². The minimum atomic E-state index is 0.566. The monoisotopic (exact) mass is 309 g/mol. The molecule has 1 fully saturated rings. The minimum absolute atomic E-state index is 0.566. The minimum Gasteiger partial charge on any atom is -0.296 e. The summed E-state index contributed by atoms with van der Waals surface area (Å²) in [4.78, 5) is 11.3. The van der Waals surface area contributed by atoms with E-state index in [1.54, 1.807) is 0 Å². The Morgan fingerprint density at radius 1 is 1.09 bits per heavy atom. The molecule has 0 radical (unpaired) electrons. The summed E-state index contributed by atoms with van der Waals surface area (Å²) in [6.45, 7) is 4.43. The molecule has 1 atom stereocenters. The molecular weight excluding hydrogens is 282 g/mol. The molecule has 0 saturated carbocycles. The Bertz CT molecular complexity index is 580. The van der Waals surface area contributed by atoms with Crippen molar-refractivity contribution in [3.63, 3.8) is 0 Å². The van der Waals surface area contributed by atoms with Crippen LogP contribution in [0.15, 0.2) is 42.9 Å². The molecule has 1 aliphatic rings. The zero-order valence-corrected chi connectivity index (χ0v) is 14.1. The summed E-state index contributed by atoms with van der Waals surface area (Å²) in [6, 6.07) is 9.27. The van der Waals surface area contributed by atoms with Gasteiger partial charge in [-0.3, -0.25) is 14.9 Å². The normalized spacial score (nSPS) is 19.4. The second-order valence-electron chi connectivity index (χ2n) is 6.59. The van der Waals surface area contributed by atoms with Gasteiger partial charge in [-0.15, -0.1) is 0 Å². The number of likely N-dealkylation sites (tertiary alicyclic amines) is 1. The molecule has 1 saturated heterocycles. The van der Waals surface area contributed by atoms with Gasteiger partial charge in [0.05, 0.1) is 0 Å². The van der Waals surface area contributed by atoms with E-state index in [9.17, 15) is 0 Å². The van der Waals surface area contributed by atoms with E-state index in [0.29, 0.717) is 6.04 Å². The summed E-state index contributed by atoms with van der Waals surface area (Å²) in [5.41, 5.74) is 3.88. The molecule has 0 aromatic carbocycles. The van der Waals surface area contributed by atoms with Gasteiger partial charge in [0.2, 0.25) is 0 Å². The van der Waals surface area contributed by atoms with Crippen molar-refractivity contribution in [1.29, 1.82) is 0 Å². The van der Waals surface area contributed by atoms with Crippen molar-refractivity contribution in [2.24, 2.45) is 0 Å². The summed E-state index contributed by atoms with van der Waals surface area (Å²) >= 11 is 0. The maximum absolute atomic E-state index is 4.40. The topological polar surface area (TPSA) is 29.0 Å². The predicted molar refractivity (Wildman–Crippen MR) is 94.3 cm³/mol. The van der Waals surface area contributed by atoms with E-state index < -0.39 is 0 Å². The summed E-state index contributed by atoms with van der Waals surface area (Å²) in [5, 5.41) is 0. The van der Waals surface area contributed by atoms with Gasteiger partial charge in [-0.05, 0) is 75.0 Å². The molecule has 1 unspecified atom stereocenters. The highest BCUT2D eigenvalue weighted by molar-refractivity contribution is 5.16. The van der Waals surface area contributed by atoms with Gasteiger partial charge < -0.3 is 0 Å². The first-order chi connectivity index (χ1) is 11.3. The lowest BCUT2D eigenvalue weighted by Crippen LogP contribution is -2.30. The number of aromatic nitrogens is 2. The summed E-state index contributed by atoms with van der Waals surface area (Å²) in [7, 11) is 0. The predicted octanol–water partition coefficient (Wildman–Crippen LogP) is 4.33. The Kier molecular flexibility index (Phi) is 5.76. The molecule has 3 rings (SSSR count). The zero-order valence-electron chi connectivity index (χ0n) is 14.1. The Morgan fingerprint density at radius 2 is 1.96 bits per heavy atom. The van der Waals surface area contributed by atoms with Crippen molar-refractivity contribution in [2.45, 2.75) is 51.5 Å². The highest BCUT2D eigenvalue weighted by Gasteiger charge is 2.21. The first kappa shape index (κ1) is 16.1. The third-order valence-corrected chi connectivity index (χ3v) is 4.84. The highest BCUT2D eigenvalue weighted by Crippen LogP contribution is 2.29. The molecule has 0 amide bonds. The summed E-state index contributed by atoms with van der Waals surface area (Å²) in [5.74, 6) is 0. The molecule has 2 aromatic heterocycles. The fraction of sp³-hybridized carbons (Fsp3) is 0.500. The van der Waals surface area contributed by atoms with Crippen molar-refractivity contribution in [3.8, 4) is 0 Å². The Hall–Kier alpha value is -1.74. The number of rotatable bonds is 5. The molecule has 0 bridgehead atoms. The molecule has 0 spiro atoms. The first-order valence-corrected chi connectivity index (χ1v) is 8.88. The van der Waals surface area contributed by atoms with Gasteiger partial charge in [-0.1, -0.05) is 18.9 Å². The first-order valence-electron chi connectivity index (χ1n) is 8.88. The smallest absolute Gasteiger partial charge is 0.0372 e. The largest absolute Gasteiger partial charge is 0.296 e. The van der Waals surface area contributed by atoms with E-state index in [-0.39, 0.29) is 0 Å². The molecule has 0 N–H and O–H groups in total. The van der Waals surface area contributed by atoms with Crippen molar-refractivity contribution in [1.82, 2.24) is 14.9 Å². The quantitative estimate of drug-likeness (QED) is 0.823. The second-order valence-corrected chi connectivity index (χ2v) is 6.59. The standard InChI is InChI=1S/C20H27N3/c1-17-8-9-18(16-22-17)6-5-15-23-14-4-2-3-7-20(23)19-10-12-21-13-11-19/h8-13,16,20H,2-7,14-15H2,1H3. The van der Waals surface area contributed by atoms with E-state index in [1.165, 1.54) is 56.3 Å². The second kappa shape index (κ2) is 8.21. The molecule has 3 heteroatoms. The fourth-order valence-electron chi connectivity index (χ4n) is 3.53. The Labute approximate surface area is 139 Å². The van der Waals surface area contributed by atoms with Crippen molar-refractivity contribution in [2.75, 3.05) is 13.1 Å².